The molecule has 0 aliphatic heterocycles. The number of hydrogen-bond donors (Lipinski definition) is 0. The molecule has 1 aromatic carbocycles. The Hall–Kier alpha value is -2.13. The van der Waals surface area contributed by atoms with Gasteiger partial charge in [0.1, 0.15) is 12.4 Å². The molecular weight excluding hydrogens is 260 g/mol. The van der Waals surface area contributed by atoms with Crippen molar-refractivity contribution < 1.29 is 4.74 Å². The molecule has 0 fully saturated rings. The fraction of sp³-hybridized carbons (Fsp3) is 0.278. The number of para-hydroxylation sites is 1. The summed E-state index contributed by atoms with van der Waals surface area (Å²) in [7, 11) is 0. The van der Waals surface area contributed by atoms with Crippen molar-refractivity contribution in [3.05, 3.63) is 72.6 Å². The van der Waals surface area contributed by atoms with Gasteiger partial charge in [0, 0.05) is 31.0 Å². The van der Waals surface area contributed by atoms with E-state index in [0.29, 0.717) is 6.61 Å². The number of pyridine rings is 1. The standard InChI is InChI=1S/C18H22N2O/c1-3-13-21-18-8-6-5-7-17(18)15-20(4-2)14-16-9-11-19-12-10-16/h3,5-12H,1,4,13-15H2,2H3. The zero-order chi connectivity index (χ0) is 14.9. The SMILES string of the molecule is C=CCOc1ccccc1CN(CC)Cc1ccncc1. The molecule has 1 heterocycles. The van der Waals surface area contributed by atoms with E-state index < -0.39 is 0 Å². The second-order valence-corrected chi connectivity index (χ2v) is 4.87. The summed E-state index contributed by atoms with van der Waals surface area (Å²) in [5.41, 5.74) is 2.48. The minimum atomic E-state index is 0.535. The summed E-state index contributed by atoms with van der Waals surface area (Å²) in [4.78, 5) is 6.44. The first-order valence-corrected chi connectivity index (χ1v) is 7.26. The molecule has 0 unspecified atom stereocenters. The van der Waals surface area contributed by atoms with Gasteiger partial charge in [-0.1, -0.05) is 37.8 Å². The fourth-order valence-electron chi connectivity index (χ4n) is 2.19. The van der Waals surface area contributed by atoms with E-state index in [1.165, 1.54) is 11.1 Å². The largest absolute Gasteiger partial charge is 0.489 e. The molecule has 2 aromatic rings. The summed E-state index contributed by atoms with van der Waals surface area (Å²) in [6, 6.07) is 12.3. The number of hydrogen-bond acceptors (Lipinski definition) is 3. The molecule has 0 aliphatic carbocycles. The quantitative estimate of drug-likeness (QED) is 0.691. The Kier molecular flexibility index (Phi) is 5.98. The van der Waals surface area contributed by atoms with E-state index in [2.05, 4.69) is 47.7 Å². The van der Waals surface area contributed by atoms with E-state index in [9.17, 15) is 0 Å². The lowest BCUT2D eigenvalue weighted by atomic mass is 10.1. The number of rotatable bonds is 8. The topological polar surface area (TPSA) is 25.4 Å². The van der Waals surface area contributed by atoms with Crippen LogP contribution in [-0.4, -0.2) is 23.0 Å². The smallest absolute Gasteiger partial charge is 0.124 e. The lowest BCUT2D eigenvalue weighted by Crippen LogP contribution is -2.22. The second-order valence-electron chi connectivity index (χ2n) is 4.87. The van der Waals surface area contributed by atoms with Crippen molar-refractivity contribution in [1.29, 1.82) is 0 Å². The highest BCUT2D eigenvalue weighted by Gasteiger charge is 2.09. The average molecular weight is 282 g/mol. The van der Waals surface area contributed by atoms with Crippen molar-refractivity contribution in [3.8, 4) is 5.75 Å². The average Bonchev–Trinajstić information content (AvgIpc) is 2.54. The van der Waals surface area contributed by atoms with Crippen molar-refractivity contribution in [1.82, 2.24) is 9.88 Å². The molecule has 0 amide bonds. The molecule has 1 aromatic heterocycles. The van der Waals surface area contributed by atoms with Gasteiger partial charge >= 0.3 is 0 Å². The lowest BCUT2D eigenvalue weighted by Gasteiger charge is -2.22. The molecule has 0 saturated heterocycles. The van der Waals surface area contributed by atoms with Crippen molar-refractivity contribution in [2.75, 3.05) is 13.2 Å². The number of ether oxygens (including phenoxy) is 1. The Morgan fingerprint density at radius 3 is 2.62 bits per heavy atom. The molecule has 0 bridgehead atoms. The third-order valence-corrected chi connectivity index (χ3v) is 3.33. The predicted molar refractivity (Wildman–Crippen MR) is 86.2 cm³/mol. The van der Waals surface area contributed by atoms with E-state index >= 15 is 0 Å². The molecule has 0 saturated carbocycles. The van der Waals surface area contributed by atoms with E-state index in [1.54, 1.807) is 6.08 Å². The highest BCUT2D eigenvalue weighted by Crippen LogP contribution is 2.20. The van der Waals surface area contributed by atoms with Crippen LogP contribution in [0.2, 0.25) is 0 Å². The maximum Gasteiger partial charge on any atom is 0.124 e. The molecule has 0 spiro atoms. The minimum absolute atomic E-state index is 0.535. The van der Waals surface area contributed by atoms with Gasteiger partial charge < -0.3 is 4.74 Å². The highest BCUT2D eigenvalue weighted by molar-refractivity contribution is 5.33. The highest BCUT2D eigenvalue weighted by atomic mass is 16.5. The van der Waals surface area contributed by atoms with Crippen molar-refractivity contribution >= 4 is 0 Å². The zero-order valence-electron chi connectivity index (χ0n) is 12.5. The molecule has 3 nitrogen and oxygen atoms in total. The Balaban J connectivity index is 2.06. The van der Waals surface area contributed by atoms with Crippen LogP contribution >= 0.6 is 0 Å². The lowest BCUT2D eigenvalue weighted by molar-refractivity contribution is 0.264. The second kappa shape index (κ2) is 8.22. The van der Waals surface area contributed by atoms with Crippen LogP contribution in [0.5, 0.6) is 5.75 Å². The van der Waals surface area contributed by atoms with E-state index in [4.69, 9.17) is 4.74 Å². The van der Waals surface area contributed by atoms with Crippen molar-refractivity contribution in [2.45, 2.75) is 20.0 Å². The molecule has 110 valence electrons. The first-order valence-electron chi connectivity index (χ1n) is 7.26. The Morgan fingerprint density at radius 1 is 1.14 bits per heavy atom. The predicted octanol–water partition coefficient (Wildman–Crippen LogP) is 3.67. The van der Waals surface area contributed by atoms with Crippen LogP contribution in [0.3, 0.4) is 0 Å². The first kappa shape index (κ1) is 15.3. The van der Waals surface area contributed by atoms with Crippen LogP contribution in [0, 0.1) is 0 Å². The summed E-state index contributed by atoms with van der Waals surface area (Å²) < 4.78 is 5.73. The van der Waals surface area contributed by atoms with Gasteiger partial charge in [-0.2, -0.15) is 0 Å². The van der Waals surface area contributed by atoms with Gasteiger partial charge in [0.15, 0.2) is 0 Å². The van der Waals surface area contributed by atoms with Crippen molar-refractivity contribution in [2.24, 2.45) is 0 Å². The molecule has 0 radical (unpaired) electrons. The molecular formula is C18H22N2O. The van der Waals surface area contributed by atoms with Crippen LogP contribution in [0.15, 0.2) is 61.4 Å². The van der Waals surface area contributed by atoms with Gasteiger partial charge in [0.05, 0.1) is 0 Å². The summed E-state index contributed by atoms with van der Waals surface area (Å²) in [5.74, 6) is 0.936. The van der Waals surface area contributed by atoms with Crippen LogP contribution < -0.4 is 4.74 Å². The first-order chi connectivity index (χ1) is 10.3. The van der Waals surface area contributed by atoms with Crippen molar-refractivity contribution in [3.63, 3.8) is 0 Å². The fourth-order valence-corrected chi connectivity index (χ4v) is 2.19. The number of aromatic nitrogens is 1. The van der Waals surface area contributed by atoms with Gasteiger partial charge in [-0.3, -0.25) is 9.88 Å². The monoisotopic (exact) mass is 282 g/mol. The number of nitrogens with zero attached hydrogens (tertiary/aromatic N) is 2. The number of benzene rings is 1. The van der Waals surface area contributed by atoms with E-state index in [0.717, 1.165) is 25.4 Å². The van der Waals surface area contributed by atoms with Gasteiger partial charge in [0.25, 0.3) is 0 Å². The normalized spacial score (nSPS) is 10.6. The van der Waals surface area contributed by atoms with Crippen LogP contribution in [-0.2, 0) is 13.1 Å². The van der Waals surface area contributed by atoms with E-state index in [-0.39, 0.29) is 0 Å². The molecule has 21 heavy (non-hydrogen) atoms. The summed E-state index contributed by atoms with van der Waals surface area (Å²) >= 11 is 0. The molecule has 0 N–H and O–H groups in total. The summed E-state index contributed by atoms with van der Waals surface area (Å²) in [5, 5.41) is 0. The summed E-state index contributed by atoms with van der Waals surface area (Å²) in [6.07, 6.45) is 5.44. The Labute approximate surface area is 126 Å². The maximum absolute atomic E-state index is 5.73. The Bertz CT molecular complexity index is 554. The maximum atomic E-state index is 5.73. The van der Waals surface area contributed by atoms with Crippen LogP contribution in [0.1, 0.15) is 18.1 Å². The van der Waals surface area contributed by atoms with Gasteiger partial charge in [-0.05, 0) is 30.3 Å². The third-order valence-electron chi connectivity index (χ3n) is 3.33. The third kappa shape index (κ3) is 4.72. The molecule has 0 aliphatic rings. The molecule has 3 heteroatoms. The minimum Gasteiger partial charge on any atom is -0.489 e. The van der Waals surface area contributed by atoms with Gasteiger partial charge in [-0.15, -0.1) is 0 Å². The van der Waals surface area contributed by atoms with E-state index in [1.807, 2.05) is 24.5 Å². The van der Waals surface area contributed by atoms with Crippen LogP contribution in [0.25, 0.3) is 0 Å². The Morgan fingerprint density at radius 2 is 1.90 bits per heavy atom. The molecule has 2 rings (SSSR count). The summed E-state index contributed by atoms with van der Waals surface area (Å²) in [6.45, 7) is 9.17. The van der Waals surface area contributed by atoms with Crippen LogP contribution in [0.4, 0.5) is 0 Å². The van der Waals surface area contributed by atoms with Gasteiger partial charge in [0.2, 0.25) is 0 Å². The van der Waals surface area contributed by atoms with Gasteiger partial charge in [-0.25, -0.2) is 0 Å². The zero-order valence-corrected chi connectivity index (χ0v) is 12.5. The molecule has 0 atom stereocenters.